The van der Waals surface area contributed by atoms with Gasteiger partial charge >= 0.3 is 12.3 Å². The fourth-order valence-electron chi connectivity index (χ4n) is 2.88. The lowest BCUT2D eigenvalue weighted by Gasteiger charge is -2.26. The molecule has 152 valence electrons. The third-order valence-corrected chi connectivity index (χ3v) is 4.19. The Bertz CT molecular complexity index is 643. The predicted molar refractivity (Wildman–Crippen MR) is 91.6 cm³/mol. The van der Waals surface area contributed by atoms with E-state index in [0.29, 0.717) is 12.0 Å². The van der Waals surface area contributed by atoms with Crippen LogP contribution in [0.15, 0.2) is 24.3 Å². The number of amides is 1. The first-order chi connectivity index (χ1) is 12.4. The van der Waals surface area contributed by atoms with E-state index in [1.807, 2.05) is 0 Å². The molecule has 0 radical (unpaired) electrons. The van der Waals surface area contributed by atoms with Gasteiger partial charge in [0.05, 0.1) is 11.6 Å². The standard InChI is InChI=1S/C18H25F3N2O4/c1-17(2,3)27-16(26)22-13-10-14(24)23(15(13)25)9-8-11-4-6-12(7-5-11)18(19,20)21/h4-7,13-15,24-25H,8-10H2,1-3H3,(H,22,26). The molecule has 0 aliphatic carbocycles. The molecule has 2 rings (SSSR count). The largest absolute Gasteiger partial charge is 0.444 e. The van der Waals surface area contributed by atoms with Gasteiger partial charge in [-0.25, -0.2) is 4.79 Å². The molecule has 1 fully saturated rings. The Hall–Kier alpha value is -1.84. The van der Waals surface area contributed by atoms with Crippen molar-refractivity contribution in [2.24, 2.45) is 0 Å². The molecule has 1 aromatic carbocycles. The van der Waals surface area contributed by atoms with E-state index in [0.717, 1.165) is 12.1 Å². The Balaban J connectivity index is 1.90. The van der Waals surface area contributed by atoms with Crippen molar-refractivity contribution in [2.75, 3.05) is 6.54 Å². The van der Waals surface area contributed by atoms with Gasteiger partial charge in [0.1, 0.15) is 18.1 Å². The van der Waals surface area contributed by atoms with Crippen molar-refractivity contribution in [3.8, 4) is 0 Å². The number of rotatable bonds is 4. The maximum absolute atomic E-state index is 12.6. The molecule has 3 unspecified atom stereocenters. The summed E-state index contributed by atoms with van der Waals surface area (Å²) in [5.74, 6) is 0. The van der Waals surface area contributed by atoms with Crippen molar-refractivity contribution in [3.63, 3.8) is 0 Å². The third-order valence-electron chi connectivity index (χ3n) is 4.19. The molecular weight excluding hydrogens is 365 g/mol. The molecule has 0 aromatic heterocycles. The van der Waals surface area contributed by atoms with Gasteiger partial charge in [-0.3, -0.25) is 4.90 Å². The smallest absolute Gasteiger partial charge is 0.416 e. The Labute approximate surface area is 155 Å². The first-order valence-corrected chi connectivity index (χ1v) is 8.64. The van der Waals surface area contributed by atoms with Crippen LogP contribution in [0.5, 0.6) is 0 Å². The molecule has 1 aliphatic heterocycles. The Kier molecular flexibility index (Phi) is 6.39. The van der Waals surface area contributed by atoms with Gasteiger partial charge in [-0.1, -0.05) is 12.1 Å². The minimum atomic E-state index is -4.39. The van der Waals surface area contributed by atoms with Crippen LogP contribution in [0.1, 0.15) is 38.3 Å². The molecule has 3 atom stereocenters. The van der Waals surface area contributed by atoms with Crippen molar-refractivity contribution >= 4 is 6.09 Å². The number of aliphatic hydroxyl groups is 2. The maximum atomic E-state index is 12.6. The zero-order chi connectivity index (χ0) is 20.4. The van der Waals surface area contributed by atoms with E-state index in [1.54, 1.807) is 20.8 Å². The number of aliphatic hydroxyl groups excluding tert-OH is 2. The molecule has 0 bridgehead atoms. The van der Waals surface area contributed by atoms with E-state index >= 15 is 0 Å². The van der Waals surface area contributed by atoms with Crippen LogP contribution < -0.4 is 5.32 Å². The van der Waals surface area contributed by atoms with Crippen molar-refractivity contribution < 1.29 is 32.9 Å². The SMILES string of the molecule is CC(C)(C)OC(=O)NC1CC(O)N(CCc2ccc(C(F)(F)F)cc2)C1O. The van der Waals surface area contributed by atoms with Crippen LogP contribution in [0.2, 0.25) is 0 Å². The Morgan fingerprint density at radius 2 is 1.81 bits per heavy atom. The van der Waals surface area contributed by atoms with E-state index in [-0.39, 0.29) is 13.0 Å². The van der Waals surface area contributed by atoms with Crippen LogP contribution in [0.4, 0.5) is 18.0 Å². The molecule has 1 saturated heterocycles. The molecule has 3 N–H and O–H groups in total. The van der Waals surface area contributed by atoms with Gasteiger partial charge in [0.15, 0.2) is 0 Å². The quantitative estimate of drug-likeness (QED) is 0.736. The first-order valence-electron chi connectivity index (χ1n) is 8.64. The van der Waals surface area contributed by atoms with Gasteiger partial charge in [-0.15, -0.1) is 0 Å². The van der Waals surface area contributed by atoms with E-state index in [2.05, 4.69) is 5.32 Å². The minimum absolute atomic E-state index is 0.118. The van der Waals surface area contributed by atoms with Crippen molar-refractivity contribution in [1.29, 1.82) is 0 Å². The lowest BCUT2D eigenvalue weighted by molar-refractivity contribution is -0.137. The lowest BCUT2D eigenvalue weighted by Crippen LogP contribution is -2.47. The van der Waals surface area contributed by atoms with Gasteiger partial charge in [-0.2, -0.15) is 13.2 Å². The second kappa shape index (κ2) is 8.04. The maximum Gasteiger partial charge on any atom is 0.416 e. The number of alkyl carbamates (subject to hydrolysis) is 1. The number of carbonyl (C=O) groups is 1. The number of likely N-dealkylation sites (tertiary alicyclic amines) is 1. The summed E-state index contributed by atoms with van der Waals surface area (Å²) in [6.07, 6.45) is -6.72. The summed E-state index contributed by atoms with van der Waals surface area (Å²) in [7, 11) is 0. The van der Waals surface area contributed by atoms with Crippen LogP contribution >= 0.6 is 0 Å². The number of halogens is 3. The van der Waals surface area contributed by atoms with Crippen LogP contribution in [0, 0.1) is 0 Å². The highest BCUT2D eigenvalue weighted by Crippen LogP contribution is 2.29. The number of benzene rings is 1. The number of hydrogen-bond acceptors (Lipinski definition) is 5. The minimum Gasteiger partial charge on any atom is -0.444 e. The molecule has 1 aromatic rings. The van der Waals surface area contributed by atoms with Gasteiger partial charge in [0, 0.05) is 13.0 Å². The number of hydrogen-bond donors (Lipinski definition) is 3. The molecule has 1 heterocycles. The van der Waals surface area contributed by atoms with E-state index in [4.69, 9.17) is 4.74 Å². The van der Waals surface area contributed by atoms with Crippen LogP contribution in [0.3, 0.4) is 0 Å². The molecule has 0 spiro atoms. The summed E-state index contributed by atoms with van der Waals surface area (Å²) in [5.41, 5.74) is -0.769. The Morgan fingerprint density at radius 3 is 2.33 bits per heavy atom. The number of nitrogens with zero attached hydrogens (tertiary/aromatic N) is 1. The van der Waals surface area contributed by atoms with Gasteiger partial charge in [-0.05, 0) is 44.9 Å². The summed E-state index contributed by atoms with van der Waals surface area (Å²) in [6.45, 7) is 5.36. The summed E-state index contributed by atoms with van der Waals surface area (Å²) in [4.78, 5) is 13.2. The van der Waals surface area contributed by atoms with E-state index in [9.17, 15) is 28.2 Å². The van der Waals surface area contributed by atoms with Crippen LogP contribution in [-0.2, 0) is 17.3 Å². The highest BCUT2D eigenvalue weighted by atomic mass is 19.4. The van der Waals surface area contributed by atoms with Crippen molar-refractivity contribution in [2.45, 2.75) is 63.9 Å². The van der Waals surface area contributed by atoms with Crippen LogP contribution in [-0.4, -0.2) is 51.8 Å². The van der Waals surface area contributed by atoms with E-state index < -0.39 is 41.9 Å². The highest BCUT2D eigenvalue weighted by molar-refractivity contribution is 5.68. The monoisotopic (exact) mass is 390 g/mol. The summed E-state index contributed by atoms with van der Waals surface area (Å²) in [5, 5.41) is 23.0. The van der Waals surface area contributed by atoms with Crippen molar-refractivity contribution in [1.82, 2.24) is 10.2 Å². The molecule has 6 nitrogen and oxygen atoms in total. The topological polar surface area (TPSA) is 82.0 Å². The predicted octanol–water partition coefficient (Wildman–Crippen LogP) is 2.48. The number of nitrogens with one attached hydrogen (secondary N) is 1. The zero-order valence-electron chi connectivity index (χ0n) is 15.5. The average molecular weight is 390 g/mol. The second-order valence-electron chi connectivity index (χ2n) is 7.57. The molecular formula is C18H25F3N2O4. The zero-order valence-corrected chi connectivity index (χ0v) is 15.5. The number of carbonyl (C=O) groups excluding carboxylic acids is 1. The first kappa shape index (κ1) is 21.5. The summed E-state index contributed by atoms with van der Waals surface area (Å²) < 4.78 is 42.9. The fraction of sp³-hybridized carbons (Fsp3) is 0.611. The number of ether oxygens (including phenoxy) is 1. The molecule has 1 aliphatic rings. The summed E-state index contributed by atoms with van der Waals surface area (Å²) in [6, 6.07) is 4.03. The van der Waals surface area contributed by atoms with Crippen molar-refractivity contribution in [3.05, 3.63) is 35.4 Å². The molecule has 9 heteroatoms. The van der Waals surface area contributed by atoms with Gasteiger partial charge in [0.2, 0.25) is 0 Å². The average Bonchev–Trinajstić information content (AvgIpc) is 2.77. The molecule has 27 heavy (non-hydrogen) atoms. The second-order valence-corrected chi connectivity index (χ2v) is 7.57. The van der Waals surface area contributed by atoms with Gasteiger partial charge < -0.3 is 20.3 Å². The van der Waals surface area contributed by atoms with Gasteiger partial charge in [0.25, 0.3) is 0 Å². The number of alkyl halides is 3. The third kappa shape index (κ3) is 6.08. The molecule has 0 saturated carbocycles. The molecule has 1 amide bonds. The fourth-order valence-corrected chi connectivity index (χ4v) is 2.88. The van der Waals surface area contributed by atoms with E-state index in [1.165, 1.54) is 17.0 Å². The lowest BCUT2D eigenvalue weighted by atomic mass is 10.1. The summed E-state index contributed by atoms with van der Waals surface area (Å²) >= 11 is 0. The highest BCUT2D eigenvalue weighted by Gasteiger charge is 2.40. The van der Waals surface area contributed by atoms with Crippen LogP contribution in [0.25, 0.3) is 0 Å². The normalized spacial score (nSPS) is 24.1. The Morgan fingerprint density at radius 1 is 1.22 bits per heavy atom.